The van der Waals surface area contributed by atoms with Crippen LogP contribution in [0.25, 0.3) is 22.3 Å². The van der Waals surface area contributed by atoms with Gasteiger partial charge in [0.05, 0.1) is 7.11 Å². The summed E-state index contributed by atoms with van der Waals surface area (Å²) >= 11 is 12.1. The van der Waals surface area contributed by atoms with Crippen molar-refractivity contribution in [2.75, 3.05) is 7.11 Å². The number of aromatic amines is 1. The minimum atomic E-state index is -5.97. The second kappa shape index (κ2) is 32.5. The van der Waals surface area contributed by atoms with Crippen molar-refractivity contribution in [1.82, 2.24) is 30.2 Å². The molecular weight excluding hydrogens is 1270 g/mol. The van der Waals surface area contributed by atoms with E-state index in [1.54, 1.807) is 62.7 Å². The Morgan fingerprint density at radius 1 is 0.626 bits per heavy atom. The zero-order valence-corrected chi connectivity index (χ0v) is 49.6. The average Bonchev–Trinajstić information content (AvgIpc) is 2.95. The first-order valence-electron chi connectivity index (χ1n) is 26.7. The molecular formula is C61H64Cl2F10N6O12. The van der Waals surface area contributed by atoms with Crippen LogP contribution in [-0.2, 0) is 47.9 Å². The second-order valence-electron chi connectivity index (χ2n) is 20.2. The first-order chi connectivity index (χ1) is 42.0. The van der Waals surface area contributed by atoms with Crippen molar-refractivity contribution in [2.45, 2.75) is 114 Å². The first-order valence-corrected chi connectivity index (χ1v) is 27.5. The topological polar surface area (TPSA) is 257 Å². The number of carbonyl (C=O) groups excluding carboxylic acids is 3. The van der Waals surface area contributed by atoms with Crippen LogP contribution in [0.4, 0.5) is 43.9 Å². The van der Waals surface area contributed by atoms with E-state index in [2.05, 4.69) is 25.6 Å². The van der Waals surface area contributed by atoms with Gasteiger partial charge >= 0.3 is 36.1 Å². The van der Waals surface area contributed by atoms with Crippen LogP contribution in [0.5, 0.6) is 11.6 Å². The van der Waals surface area contributed by atoms with Gasteiger partial charge in [0.15, 0.2) is 24.0 Å². The summed E-state index contributed by atoms with van der Waals surface area (Å²) in [4.78, 5) is 61.0. The number of hydrogen-bond acceptors (Lipinski definition) is 12. The Balaban J connectivity index is 0.000000334. The van der Waals surface area contributed by atoms with E-state index in [0.29, 0.717) is 41.8 Å². The molecule has 0 spiro atoms. The molecule has 2 amide bonds. The number of halogens is 12. The molecule has 5 aromatic carbocycles. The molecule has 7 rings (SSSR count). The number of nitrogens with one attached hydrogen (secondary N) is 3. The summed E-state index contributed by atoms with van der Waals surface area (Å²) < 4.78 is 139. The maximum absolute atomic E-state index is 13.5. The van der Waals surface area contributed by atoms with Crippen LogP contribution in [0.3, 0.4) is 0 Å². The van der Waals surface area contributed by atoms with Crippen molar-refractivity contribution in [3.05, 3.63) is 182 Å². The number of carboxylic acid groups (broad SMARTS) is 1. The van der Waals surface area contributed by atoms with E-state index in [-0.39, 0.29) is 38.3 Å². The van der Waals surface area contributed by atoms with Crippen molar-refractivity contribution >= 4 is 47.0 Å². The third-order valence-corrected chi connectivity index (χ3v) is 13.7. The molecule has 0 aliphatic carbocycles. The molecule has 7 N–H and O–H groups in total. The SMILES string of the molecule is C.CC(O)C(F)(F)C(F)(F)F.CC(OC(=O)[C@H](O)C[C@@H](Cc1ccc(-c2cccc(Cl)c2)cc1)NC(=O)c1cc(=O)n(C)[nH]1)C(F)(F)C(F)(F)F.COc1ccc(COc2cc(C(=O)N[C@H](Cc3ccc(-c4cccc(Cl)c4)cc3)C[C@@H](O)C(=O)O)nn2C)cc1. The predicted octanol–water partition coefficient (Wildman–Crippen LogP) is 11.0. The van der Waals surface area contributed by atoms with Gasteiger partial charge in [-0.1, -0.05) is 116 Å². The highest BCUT2D eigenvalue weighted by Crippen LogP contribution is 2.40. The number of carboxylic acids is 1. The number of carbonyl (C=O) groups is 4. The number of aliphatic carboxylic acids is 1. The van der Waals surface area contributed by atoms with Crippen molar-refractivity contribution in [1.29, 1.82) is 0 Å². The molecule has 6 atom stereocenters. The molecule has 0 bridgehead atoms. The zero-order chi connectivity index (χ0) is 67.1. The van der Waals surface area contributed by atoms with Crippen molar-refractivity contribution in [2.24, 2.45) is 14.1 Å². The van der Waals surface area contributed by atoms with Gasteiger partial charge < -0.3 is 45.3 Å². The molecule has 0 saturated heterocycles. The zero-order valence-electron chi connectivity index (χ0n) is 48.1. The highest BCUT2D eigenvalue weighted by atomic mass is 35.5. The molecule has 30 heteroatoms. The fraction of sp³-hybridized carbons (Fsp3) is 0.344. The lowest BCUT2D eigenvalue weighted by Gasteiger charge is -2.27. The number of aryl methyl sites for hydroxylation is 2. The number of rotatable bonds is 23. The van der Waals surface area contributed by atoms with Gasteiger partial charge in [0.25, 0.3) is 17.4 Å². The summed E-state index contributed by atoms with van der Waals surface area (Å²) in [6, 6.07) is 37.4. The van der Waals surface area contributed by atoms with Crippen molar-refractivity contribution in [3.8, 4) is 33.9 Å². The summed E-state index contributed by atoms with van der Waals surface area (Å²) in [7, 11) is 4.63. The van der Waals surface area contributed by atoms with Crippen molar-refractivity contribution < 1.29 is 97.7 Å². The number of aromatic nitrogens is 4. The molecule has 91 heavy (non-hydrogen) atoms. The van der Waals surface area contributed by atoms with E-state index in [0.717, 1.165) is 49.9 Å². The van der Waals surface area contributed by atoms with Gasteiger partial charge in [-0.25, -0.2) is 14.3 Å². The summed E-state index contributed by atoms with van der Waals surface area (Å²) in [6.07, 6.45) is -21.5. The van der Waals surface area contributed by atoms with E-state index in [1.807, 2.05) is 72.8 Å². The first kappa shape index (κ1) is 75.0. The van der Waals surface area contributed by atoms with Crippen molar-refractivity contribution in [3.63, 3.8) is 0 Å². The predicted molar refractivity (Wildman–Crippen MR) is 315 cm³/mol. The fourth-order valence-corrected chi connectivity index (χ4v) is 8.57. The van der Waals surface area contributed by atoms with Gasteiger partial charge in [0, 0.05) is 61.2 Å². The Kier molecular flexibility index (Phi) is 26.8. The van der Waals surface area contributed by atoms with Gasteiger partial charge in [-0.2, -0.15) is 49.0 Å². The van der Waals surface area contributed by atoms with Crippen LogP contribution in [0, 0.1) is 0 Å². The number of methoxy groups -OCH3 is 1. The molecule has 0 aliphatic rings. The van der Waals surface area contributed by atoms with Gasteiger partial charge in [0.2, 0.25) is 5.88 Å². The van der Waals surface area contributed by atoms with E-state index in [9.17, 15) is 83.2 Å². The Bertz CT molecular complexity index is 3580. The van der Waals surface area contributed by atoms with Gasteiger partial charge in [-0.05, 0) is 102 Å². The second-order valence-corrected chi connectivity index (χ2v) is 21.1. The molecule has 2 aromatic heterocycles. The lowest BCUT2D eigenvalue weighted by atomic mass is 9.97. The molecule has 0 radical (unpaired) electrons. The van der Waals surface area contributed by atoms with Gasteiger partial charge in [-0.15, -0.1) is 0 Å². The molecule has 2 unspecified atom stereocenters. The monoisotopic (exact) mass is 1330 g/mol. The van der Waals surface area contributed by atoms with E-state index < -0.39 is 96.4 Å². The maximum atomic E-state index is 13.5. The summed E-state index contributed by atoms with van der Waals surface area (Å²) in [6.45, 7) is 1.00. The fourth-order valence-electron chi connectivity index (χ4n) is 8.19. The third-order valence-electron chi connectivity index (χ3n) is 13.3. The molecule has 0 saturated carbocycles. The molecule has 0 aliphatic heterocycles. The summed E-state index contributed by atoms with van der Waals surface area (Å²) in [5.74, 6) is -13.6. The number of alkyl halides is 10. The van der Waals surface area contributed by atoms with E-state index in [1.165, 1.54) is 17.8 Å². The number of esters is 1. The summed E-state index contributed by atoms with van der Waals surface area (Å²) in [5.41, 5.74) is 5.44. The molecule has 7 aromatic rings. The Hall–Kier alpha value is -8.44. The maximum Gasteiger partial charge on any atom is 0.457 e. The number of nitrogens with zero attached hydrogens (tertiary/aromatic N) is 3. The number of hydrogen-bond donors (Lipinski definition) is 7. The van der Waals surface area contributed by atoms with Gasteiger partial charge in [0.1, 0.15) is 24.2 Å². The Labute approximate surface area is 524 Å². The minimum Gasteiger partial charge on any atom is -0.497 e. The van der Waals surface area contributed by atoms with Crippen LogP contribution in [0.15, 0.2) is 138 Å². The standard InChI is InChI=1S/C30H30ClN3O6.C26H25ClF5N3O5.C4H5F5O.CH4/c1-34-28(40-18-20-8-12-25(39-2)13-9-20)17-26(33-34)29(36)32-24(16-27(35)30(37)38)14-19-6-10-21(11-7-19)22-4-3-5-23(31)15-22;1-14(25(28,29)26(30,31)32)40-24(39)21(36)12-19(33-23(38)20-13-22(37)35(2)34-20)10-15-6-8-16(9-7-15)17-4-3-5-18(27)11-17;1-2(10)3(5,6)4(7,8)9;/h3-13,15,17,24,27,35H,14,16,18H2,1-2H3,(H,32,36)(H,37,38);3-9,11,13-14,19,21,34,36H,10,12H2,1-2H3,(H,33,38);2,10H,1H3;1H4/t24-,27-;14?,19-,21-;;/m11../s1. The Morgan fingerprint density at radius 3 is 1.49 bits per heavy atom. The normalized spacial score (nSPS) is 13.6. The van der Waals surface area contributed by atoms with Gasteiger partial charge in [-0.3, -0.25) is 24.2 Å². The van der Waals surface area contributed by atoms with Crippen LogP contribution < -0.4 is 25.7 Å². The van der Waals surface area contributed by atoms with Crippen LogP contribution in [-0.4, -0.2) is 132 Å². The number of benzene rings is 5. The van der Waals surface area contributed by atoms with Crippen LogP contribution in [0.2, 0.25) is 10.0 Å². The quantitative estimate of drug-likeness (QED) is 0.0233. The highest BCUT2D eigenvalue weighted by Gasteiger charge is 2.63. The number of H-pyrrole nitrogens is 1. The third kappa shape index (κ3) is 21.6. The largest absolute Gasteiger partial charge is 0.497 e. The smallest absolute Gasteiger partial charge is 0.457 e. The number of amides is 2. The highest BCUT2D eigenvalue weighted by molar-refractivity contribution is 6.31. The molecule has 2 heterocycles. The molecule has 494 valence electrons. The Morgan fingerprint density at radius 2 is 1.09 bits per heavy atom. The minimum absolute atomic E-state index is 0. The van der Waals surface area contributed by atoms with E-state index in [4.69, 9.17) is 37.8 Å². The van der Waals surface area contributed by atoms with Crippen LogP contribution >= 0.6 is 23.2 Å². The average molecular weight is 1330 g/mol. The number of ether oxygens (including phenoxy) is 3. The number of aliphatic hydroxyl groups is 3. The molecule has 0 fully saturated rings. The van der Waals surface area contributed by atoms with Crippen LogP contribution in [0.1, 0.15) is 71.8 Å². The molecule has 18 nitrogen and oxygen atoms in total. The number of aliphatic hydroxyl groups excluding tert-OH is 3. The van der Waals surface area contributed by atoms with E-state index >= 15 is 0 Å². The lowest BCUT2D eigenvalue weighted by molar-refractivity contribution is -0.312. The summed E-state index contributed by atoms with van der Waals surface area (Å²) in [5, 5.41) is 50.8. The lowest BCUT2D eigenvalue weighted by Crippen LogP contribution is -2.49.